The van der Waals surface area contributed by atoms with Crippen LogP contribution in [-0.4, -0.2) is 35.8 Å². The molecule has 1 heterocycles. The monoisotopic (exact) mass is 300 g/mol. The molecule has 3 rings (SSSR count). The lowest BCUT2D eigenvalue weighted by Gasteiger charge is -2.34. The minimum atomic E-state index is 0.101. The summed E-state index contributed by atoms with van der Waals surface area (Å²) in [5.74, 6) is 0.561. The van der Waals surface area contributed by atoms with Crippen molar-refractivity contribution in [3.05, 3.63) is 35.4 Å². The van der Waals surface area contributed by atoms with E-state index in [2.05, 4.69) is 5.32 Å². The number of aryl methyl sites for hydroxylation is 1. The number of carbonyl (C=O) groups is 2. The Balaban J connectivity index is 1.49. The molecule has 118 valence electrons. The van der Waals surface area contributed by atoms with Crippen molar-refractivity contribution in [3.8, 4) is 0 Å². The predicted molar refractivity (Wildman–Crippen MR) is 85.6 cm³/mol. The maximum absolute atomic E-state index is 12.4. The molecule has 2 aliphatic rings. The number of benzene rings is 1. The van der Waals surface area contributed by atoms with Gasteiger partial charge in [0.15, 0.2) is 0 Å². The third-order valence-electron chi connectivity index (χ3n) is 4.90. The molecular weight excluding hydrogens is 276 g/mol. The Kier molecular flexibility index (Phi) is 4.46. The van der Waals surface area contributed by atoms with Crippen LogP contribution in [0.2, 0.25) is 0 Å². The Morgan fingerprint density at radius 2 is 1.68 bits per heavy atom. The third-order valence-corrected chi connectivity index (χ3v) is 4.90. The average molecular weight is 300 g/mol. The minimum absolute atomic E-state index is 0.101. The highest BCUT2D eigenvalue weighted by atomic mass is 16.2. The number of rotatable bonds is 3. The topological polar surface area (TPSA) is 49.4 Å². The van der Waals surface area contributed by atoms with Crippen LogP contribution in [0.15, 0.2) is 24.3 Å². The van der Waals surface area contributed by atoms with E-state index in [9.17, 15) is 9.59 Å². The first-order valence-electron chi connectivity index (χ1n) is 8.30. The van der Waals surface area contributed by atoms with Gasteiger partial charge in [0.2, 0.25) is 5.91 Å². The Morgan fingerprint density at radius 1 is 1.05 bits per heavy atom. The Hall–Kier alpha value is -1.84. The average Bonchev–Trinajstić information content (AvgIpc) is 2.46. The molecule has 1 saturated heterocycles. The number of likely N-dealkylation sites (tertiary alicyclic amines) is 1. The molecule has 2 fully saturated rings. The number of piperidine rings is 1. The zero-order valence-corrected chi connectivity index (χ0v) is 13.2. The van der Waals surface area contributed by atoms with Crippen molar-refractivity contribution in [1.82, 2.24) is 10.2 Å². The molecule has 0 atom stereocenters. The SMILES string of the molecule is Cc1ccc(C(=O)N2CCC(NC(=O)C3CCC3)CC2)cc1. The standard InChI is InChI=1S/C18H24N2O2/c1-13-5-7-15(8-6-13)18(22)20-11-9-16(10-12-20)19-17(21)14-3-2-4-14/h5-8,14,16H,2-4,9-12H2,1H3,(H,19,21). The van der Waals surface area contributed by atoms with Crippen molar-refractivity contribution in [2.24, 2.45) is 5.92 Å². The Bertz CT molecular complexity index is 541. The molecule has 0 spiro atoms. The molecule has 0 radical (unpaired) electrons. The van der Waals surface area contributed by atoms with E-state index in [4.69, 9.17) is 0 Å². The number of hydrogen-bond donors (Lipinski definition) is 1. The van der Waals surface area contributed by atoms with Crippen LogP contribution in [0, 0.1) is 12.8 Å². The Morgan fingerprint density at radius 3 is 2.23 bits per heavy atom. The zero-order chi connectivity index (χ0) is 15.5. The second-order valence-electron chi connectivity index (χ2n) is 6.57. The quantitative estimate of drug-likeness (QED) is 0.932. The van der Waals surface area contributed by atoms with Crippen LogP contribution >= 0.6 is 0 Å². The normalized spacial score (nSPS) is 19.6. The molecule has 2 amide bonds. The second-order valence-corrected chi connectivity index (χ2v) is 6.57. The third kappa shape index (κ3) is 3.32. The molecule has 4 nitrogen and oxygen atoms in total. The minimum Gasteiger partial charge on any atom is -0.353 e. The number of amides is 2. The first-order chi connectivity index (χ1) is 10.6. The molecule has 1 aliphatic carbocycles. The maximum Gasteiger partial charge on any atom is 0.253 e. The van der Waals surface area contributed by atoms with Crippen LogP contribution in [0.4, 0.5) is 0 Å². The van der Waals surface area contributed by atoms with E-state index in [1.54, 1.807) is 0 Å². The summed E-state index contributed by atoms with van der Waals surface area (Å²) in [6, 6.07) is 7.96. The molecule has 1 saturated carbocycles. The number of nitrogens with one attached hydrogen (secondary N) is 1. The van der Waals surface area contributed by atoms with Crippen LogP contribution in [-0.2, 0) is 4.79 Å². The number of carbonyl (C=O) groups excluding carboxylic acids is 2. The van der Waals surface area contributed by atoms with Gasteiger partial charge in [-0.2, -0.15) is 0 Å². The van der Waals surface area contributed by atoms with E-state index in [-0.39, 0.29) is 23.8 Å². The largest absolute Gasteiger partial charge is 0.353 e. The van der Waals surface area contributed by atoms with Gasteiger partial charge in [0, 0.05) is 30.6 Å². The van der Waals surface area contributed by atoms with E-state index in [1.807, 2.05) is 36.1 Å². The van der Waals surface area contributed by atoms with Crippen LogP contribution in [0.1, 0.15) is 48.0 Å². The van der Waals surface area contributed by atoms with E-state index >= 15 is 0 Å². The lowest BCUT2D eigenvalue weighted by molar-refractivity contribution is -0.128. The van der Waals surface area contributed by atoms with Gasteiger partial charge in [-0.05, 0) is 44.7 Å². The first kappa shape index (κ1) is 15.1. The summed E-state index contributed by atoms with van der Waals surface area (Å²) in [7, 11) is 0. The predicted octanol–water partition coefficient (Wildman–Crippen LogP) is 2.52. The summed E-state index contributed by atoms with van der Waals surface area (Å²) < 4.78 is 0. The van der Waals surface area contributed by atoms with Crippen LogP contribution in [0.5, 0.6) is 0 Å². The van der Waals surface area contributed by atoms with Gasteiger partial charge in [-0.1, -0.05) is 24.1 Å². The van der Waals surface area contributed by atoms with Crippen molar-refractivity contribution in [2.75, 3.05) is 13.1 Å². The highest BCUT2D eigenvalue weighted by Gasteiger charge is 2.29. The van der Waals surface area contributed by atoms with Gasteiger partial charge in [-0.3, -0.25) is 9.59 Å². The molecule has 0 bridgehead atoms. The van der Waals surface area contributed by atoms with Crippen molar-refractivity contribution in [1.29, 1.82) is 0 Å². The van der Waals surface area contributed by atoms with Crippen molar-refractivity contribution in [3.63, 3.8) is 0 Å². The molecule has 22 heavy (non-hydrogen) atoms. The zero-order valence-electron chi connectivity index (χ0n) is 13.2. The van der Waals surface area contributed by atoms with E-state index < -0.39 is 0 Å². The van der Waals surface area contributed by atoms with E-state index in [0.29, 0.717) is 0 Å². The highest BCUT2D eigenvalue weighted by molar-refractivity contribution is 5.94. The van der Waals surface area contributed by atoms with Crippen molar-refractivity contribution in [2.45, 2.75) is 45.1 Å². The summed E-state index contributed by atoms with van der Waals surface area (Å²) in [4.78, 5) is 26.3. The van der Waals surface area contributed by atoms with E-state index in [0.717, 1.165) is 49.9 Å². The molecule has 1 aliphatic heterocycles. The first-order valence-corrected chi connectivity index (χ1v) is 8.30. The fraction of sp³-hybridized carbons (Fsp3) is 0.556. The summed E-state index contributed by atoms with van der Waals surface area (Å²) >= 11 is 0. The fourth-order valence-electron chi connectivity index (χ4n) is 3.10. The molecule has 1 aromatic carbocycles. The summed E-state index contributed by atoms with van der Waals surface area (Å²) in [5.41, 5.74) is 1.91. The van der Waals surface area contributed by atoms with Gasteiger partial charge in [0.05, 0.1) is 0 Å². The van der Waals surface area contributed by atoms with Crippen LogP contribution < -0.4 is 5.32 Å². The fourth-order valence-corrected chi connectivity index (χ4v) is 3.10. The molecular formula is C18H24N2O2. The van der Waals surface area contributed by atoms with Crippen molar-refractivity contribution >= 4 is 11.8 Å². The second kappa shape index (κ2) is 6.51. The van der Waals surface area contributed by atoms with Gasteiger partial charge in [0.1, 0.15) is 0 Å². The van der Waals surface area contributed by atoms with Crippen molar-refractivity contribution < 1.29 is 9.59 Å². The smallest absolute Gasteiger partial charge is 0.253 e. The number of hydrogen-bond acceptors (Lipinski definition) is 2. The lowest BCUT2D eigenvalue weighted by atomic mass is 9.84. The molecule has 1 N–H and O–H groups in total. The lowest BCUT2D eigenvalue weighted by Crippen LogP contribution is -2.48. The van der Waals surface area contributed by atoms with Crippen LogP contribution in [0.3, 0.4) is 0 Å². The number of nitrogens with zero attached hydrogens (tertiary/aromatic N) is 1. The van der Waals surface area contributed by atoms with Gasteiger partial charge in [-0.15, -0.1) is 0 Å². The van der Waals surface area contributed by atoms with Gasteiger partial charge in [0.25, 0.3) is 5.91 Å². The molecule has 4 heteroatoms. The van der Waals surface area contributed by atoms with Crippen LogP contribution in [0.25, 0.3) is 0 Å². The molecule has 0 unspecified atom stereocenters. The van der Waals surface area contributed by atoms with E-state index in [1.165, 1.54) is 6.42 Å². The highest BCUT2D eigenvalue weighted by Crippen LogP contribution is 2.26. The van der Waals surface area contributed by atoms with Gasteiger partial charge >= 0.3 is 0 Å². The summed E-state index contributed by atoms with van der Waals surface area (Å²) in [6.45, 7) is 3.47. The summed E-state index contributed by atoms with van der Waals surface area (Å²) in [6.07, 6.45) is 4.97. The Labute approximate surface area is 131 Å². The molecule has 1 aromatic rings. The van der Waals surface area contributed by atoms with Gasteiger partial charge in [-0.25, -0.2) is 0 Å². The van der Waals surface area contributed by atoms with Gasteiger partial charge < -0.3 is 10.2 Å². The summed E-state index contributed by atoms with van der Waals surface area (Å²) in [5, 5.41) is 3.15. The molecule has 0 aromatic heterocycles. The maximum atomic E-state index is 12.4.